The number of Topliss-reactive ketones (excluding diaryl/α,β-unsaturated/α-hetero) is 1. The zero-order valence-corrected chi connectivity index (χ0v) is 21.4. The Morgan fingerprint density at radius 2 is 1.19 bits per heavy atom. The van der Waals surface area contributed by atoms with Crippen LogP contribution in [-0.4, -0.2) is 63.9 Å². The van der Waals surface area contributed by atoms with Gasteiger partial charge in [0.1, 0.15) is 40.4 Å². The van der Waals surface area contributed by atoms with E-state index < -0.39 is 76.2 Å². The summed E-state index contributed by atoms with van der Waals surface area (Å²) in [7, 11) is 0. The molecular formula is C30H24O12. The number of ether oxygens (including phenoxy) is 2. The highest BCUT2D eigenvalue weighted by Crippen LogP contribution is 2.54. The number of carbonyl (C=O) groups is 1. The first kappa shape index (κ1) is 26.9. The van der Waals surface area contributed by atoms with Crippen LogP contribution in [-0.2, 0) is 0 Å². The third-order valence-electron chi connectivity index (χ3n) is 7.54. The molecule has 4 aromatic rings. The van der Waals surface area contributed by atoms with E-state index in [-0.39, 0.29) is 39.5 Å². The summed E-state index contributed by atoms with van der Waals surface area (Å²) in [6.45, 7) is 0. The van der Waals surface area contributed by atoms with Crippen molar-refractivity contribution >= 4 is 5.78 Å². The summed E-state index contributed by atoms with van der Waals surface area (Å²) < 4.78 is 11.7. The smallest absolute Gasteiger partial charge is 0.202 e. The third-order valence-corrected chi connectivity index (χ3v) is 7.54. The van der Waals surface area contributed by atoms with Crippen LogP contribution in [0.5, 0.6) is 51.7 Å². The standard InChI is InChI=1S/C30H24O12/c31-13-3-4-14-20(9-13)41-29(11-1-5-15(32)17(34)7-11)27(39)22(14)23-19(36)10-21-24(25(23)37)26(38)28(40)30(42-21)12-2-6-16(33)18(35)8-12/h1-10,22,27-37,39-40H. The van der Waals surface area contributed by atoms with E-state index in [4.69, 9.17) is 9.47 Å². The molecule has 9 N–H and O–H groups in total. The Balaban J connectivity index is 1.48. The highest BCUT2D eigenvalue weighted by molar-refractivity contribution is 6.06. The maximum absolute atomic E-state index is 13.4. The van der Waals surface area contributed by atoms with Crippen molar-refractivity contribution in [3.05, 3.63) is 88.5 Å². The summed E-state index contributed by atoms with van der Waals surface area (Å²) in [5.41, 5.74) is -0.189. The topological polar surface area (TPSA) is 218 Å². The number of benzene rings is 4. The normalized spacial score (nSPS) is 22.9. The highest BCUT2D eigenvalue weighted by Gasteiger charge is 2.46. The lowest BCUT2D eigenvalue weighted by molar-refractivity contribution is 0.00689. The predicted octanol–water partition coefficient (Wildman–Crippen LogP) is 2.93. The molecule has 12 heteroatoms. The van der Waals surface area contributed by atoms with Crippen LogP contribution in [0.1, 0.15) is 50.7 Å². The number of ketones is 1. The molecule has 0 saturated carbocycles. The molecule has 216 valence electrons. The fourth-order valence-corrected chi connectivity index (χ4v) is 5.50. The zero-order chi connectivity index (χ0) is 30.0. The van der Waals surface area contributed by atoms with Gasteiger partial charge in [-0.1, -0.05) is 18.2 Å². The van der Waals surface area contributed by atoms with Gasteiger partial charge in [-0.25, -0.2) is 0 Å². The molecule has 5 unspecified atom stereocenters. The van der Waals surface area contributed by atoms with Crippen LogP contribution in [0.25, 0.3) is 0 Å². The molecule has 0 saturated heterocycles. The zero-order valence-electron chi connectivity index (χ0n) is 21.4. The first-order valence-corrected chi connectivity index (χ1v) is 12.7. The molecule has 2 heterocycles. The van der Waals surface area contributed by atoms with E-state index in [1.165, 1.54) is 36.4 Å². The lowest BCUT2D eigenvalue weighted by Crippen LogP contribution is -2.37. The number of carbonyl (C=O) groups excluding carboxylic acids is 1. The average molecular weight is 577 g/mol. The van der Waals surface area contributed by atoms with Crippen molar-refractivity contribution in [1.29, 1.82) is 0 Å². The molecule has 0 amide bonds. The Hall–Kier alpha value is -5.33. The Morgan fingerprint density at radius 1 is 0.595 bits per heavy atom. The number of fused-ring (bicyclic) bond motifs is 2. The van der Waals surface area contributed by atoms with Crippen LogP contribution < -0.4 is 9.47 Å². The van der Waals surface area contributed by atoms with Gasteiger partial charge in [-0.05, 0) is 41.5 Å². The molecule has 0 spiro atoms. The number of aliphatic hydroxyl groups excluding tert-OH is 2. The third kappa shape index (κ3) is 4.12. The quantitative estimate of drug-likeness (QED) is 0.161. The van der Waals surface area contributed by atoms with Crippen molar-refractivity contribution < 1.29 is 60.2 Å². The number of rotatable bonds is 3. The summed E-state index contributed by atoms with van der Waals surface area (Å²) in [4.78, 5) is 13.4. The molecule has 6 rings (SSSR count). The van der Waals surface area contributed by atoms with Gasteiger partial charge < -0.3 is 55.4 Å². The maximum atomic E-state index is 13.4. The molecule has 5 atom stereocenters. The van der Waals surface area contributed by atoms with Crippen molar-refractivity contribution in [2.24, 2.45) is 0 Å². The van der Waals surface area contributed by atoms with Crippen molar-refractivity contribution in [2.45, 2.75) is 30.3 Å². The van der Waals surface area contributed by atoms with E-state index in [1.807, 2.05) is 0 Å². The summed E-state index contributed by atoms with van der Waals surface area (Å²) >= 11 is 0. The van der Waals surface area contributed by atoms with Gasteiger partial charge in [0.25, 0.3) is 0 Å². The Morgan fingerprint density at radius 3 is 1.81 bits per heavy atom. The van der Waals surface area contributed by atoms with Gasteiger partial charge in [0.15, 0.2) is 41.3 Å². The lowest BCUT2D eigenvalue weighted by atomic mass is 9.78. The monoisotopic (exact) mass is 576 g/mol. The van der Waals surface area contributed by atoms with Crippen LogP contribution in [0.15, 0.2) is 60.7 Å². The summed E-state index contributed by atoms with van der Waals surface area (Å²) in [5.74, 6) is -5.86. The number of aromatic hydroxyl groups is 7. The fourth-order valence-electron chi connectivity index (χ4n) is 5.50. The molecule has 2 aliphatic rings. The van der Waals surface area contributed by atoms with Crippen molar-refractivity contribution in [1.82, 2.24) is 0 Å². The average Bonchev–Trinajstić information content (AvgIpc) is 2.94. The molecule has 4 aromatic carbocycles. The van der Waals surface area contributed by atoms with Crippen molar-refractivity contribution in [2.75, 3.05) is 0 Å². The lowest BCUT2D eigenvalue weighted by Gasteiger charge is -2.38. The minimum Gasteiger partial charge on any atom is -0.508 e. The van der Waals surface area contributed by atoms with Crippen LogP contribution in [0.4, 0.5) is 0 Å². The largest absolute Gasteiger partial charge is 0.508 e. The van der Waals surface area contributed by atoms with Gasteiger partial charge in [-0.2, -0.15) is 0 Å². The Bertz CT molecular complexity index is 1750. The fraction of sp³-hybridized carbons (Fsp3) is 0.167. The number of phenolic OH excluding ortho intramolecular Hbond substituents is 7. The second-order valence-electron chi connectivity index (χ2n) is 10.1. The van der Waals surface area contributed by atoms with Crippen LogP contribution in [0.3, 0.4) is 0 Å². The summed E-state index contributed by atoms with van der Waals surface area (Å²) in [6.07, 6.45) is -6.01. The van der Waals surface area contributed by atoms with E-state index >= 15 is 0 Å². The van der Waals surface area contributed by atoms with Gasteiger partial charge in [-0.3, -0.25) is 4.79 Å². The van der Waals surface area contributed by atoms with E-state index in [0.29, 0.717) is 0 Å². The first-order chi connectivity index (χ1) is 20.0. The molecule has 0 aromatic heterocycles. The molecule has 2 aliphatic heterocycles. The molecule has 0 bridgehead atoms. The predicted molar refractivity (Wildman–Crippen MR) is 142 cm³/mol. The van der Waals surface area contributed by atoms with Gasteiger partial charge >= 0.3 is 0 Å². The maximum Gasteiger partial charge on any atom is 0.202 e. The van der Waals surface area contributed by atoms with Gasteiger partial charge in [0.2, 0.25) is 5.78 Å². The van der Waals surface area contributed by atoms with Gasteiger partial charge in [0, 0.05) is 29.2 Å². The molecular weight excluding hydrogens is 552 g/mol. The van der Waals surface area contributed by atoms with Crippen LogP contribution in [0, 0.1) is 0 Å². The van der Waals surface area contributed by atoms with Crippen molar-refractivity contribution in [3.8, 4) is 51.7 Å². The van der Waals surface area contributed by atoms with E-state index in [9.17, 15) is 50.8 Å². The number of aliphatic hydroxyl groups is 2. The summed E-state index contributed by atoms with van der Waals surface area (Å²) in [5, 5.41) is 94.3. The number of hydrogen-bond donors (Lipinski definition) is 9. The highest BCUT2D eigenvalue weighted by atomic mass is 16.5. The van der Waals surface area contributed by atoms with E-state index in [2.05, 4.69) is 0 Å². The minimum absolute atomic E-state index is 0.0641. The molecule has 42 heavy (non-hydrogen) atoms. The second kappa shape index (κ2) is 9.65. The molecule has 0 radical (unpaired) electrons. The first-order valence-electron chi connectivity index (χ1n) is 12.7. The Kier molecular flexibility index (Phi) is 6.17. The van der Waals surface area contributed by atoms with E-state index in [0.717, 1.165) is 24.3 Å². The molecule has 0 fully saturated rings. The van der Waals surface area contributed by atoms with Gasteiger partial charge in [0.05, 0.1) is 0 Å². The number of phenols is 7. The second-order valence-corrected chi connectivity index (χ2v) is 10.1. The number of hydrogen-bond acceptors (Lipinski definition) is 12. The minimum atomic E-state index is -1.86. The van der Waals surface area contributed by atoms with Crippen molar-refractivity contribution in [3.63, 3.8) is 0 Å². The van der Waals surface area contributed by atoms with Crippen LogP contribution >= 0.6 is 0 Å². The van der Waals surface area contributed by atoms with Crippen LogP contribution in [0.2, 0.25) is 0 Å². The van der Waals surface area contributed by atoms with E-state index in [1.54, 1.807) is 0 Å². The summed E-state index contributed by atoms with van der Waals surface area (Å²) in [6, 6.07) is 12.3. The molecule has 0 aliphatic carbocycles. The SMILES string of the molecule is O=C1c2c(cc(O)c(C3c4ccc(O)cc4OC(c4ccc(O)c(O)c4)C3O)c2O)OC(c2ccc(O)c(O)c2)C1O. The molecule has 12 nitrogen and oxygen atoms in total. The van der Waals surface area contributed by atoms with Gasteiger partial charge in [-0.15, -0.1) is 0 Å². The Labute approximate surface area is 236 Å².